The van der Waals surface area contributed by atoms with Crippen LogP contribution >= 0.6 is 11.6 Å². The molecule has 0 atom stereocenters. The Labute approximate surface area is 205 Å². The van der Waals surface area contributed by atoms with E-state index in [4.69, 9.17) is 16.6 Å². The fourth-order valence-electron chi connectivity index (χ4n) is 4.83. The molecule has 178 valence electrons. The van der Waals surface area contributed by atoms with Crippen molar-refractivity contribution in [3.05, 3.63) is 47.2 Å². The quantitative estimate of drug-likeness (QED) is 0.435. The zero-order chi connectivity index (χ0) is 23.8. The first-order valence-electron chi connectivity index (χ1n) is 11.8. The highest BCUT2D eigenvalue weighted by Crippen LogP contribution is 2.42. The first kappa shape index (κ1) is 22.9. The van der Waals surface area contributed by atoms with Crippen molar-refractivity contribution >= 4 is 44.8 Å². The van der Waals surface area contributed by atoms with Crippen molar-refractivity contribution in [2.45, 2.75) is 6.92 Å². The van der Waals surface area contributed by atoms with Gasteiger partial charge in [-0.05, 0) is 50.3 Å². The third kappa shape index (κ3) is 4.19. The maximum Gasteiger partial charge on any atom is 0.0795 e. The van der Waals surface area contributed by atoms with Crippen LogP contribution in [0, 0.1) is 6.92 Å². The molecule has 0 bridgehead atoms. The number of fused-ring (bicyclic) bond motifs is 2. The molecule has 1 aliphatic rings. The van der Waals surface area contributed by atoms with E-state index < -0.39 is 0 Å². The Morgan fingerprint density at radius 3 is 2.59 bits per heavy atom. The van der Waals surface area contributed by atoms with Gasteiger partial charge in [-0.1, -0.05) is 17.7 Å². The Morgan fingerprint density at radius 2 is 1.82 bits per heavy atom. The third-order valence-corrected chi connectivity index (χ3v) is 7.05. The molecule has 0 aliphatic carbocycles. The molecule has 34 heavy (non-hydrogen) atoms. The second-order valence-corrected chi connectivity index (χ2v) is 9.80. The lowest BCUT2D eigenvalue weighted by molar-refractivity contribution is 0.416. The van der Waals surface area contributed by atoms with E-state index >= 15 is 0 Å². The molecule has 8 heteroatoms. The van der Waals surface area contributed by atoms with E-state index in [1.54, 1.807) is 0 Å². The highest BCUT2D eigenvalue weighted by Gasteiger charge is 2.22. The molecule has 0 unspecified atom stereocenters. The van der Waals surface area contributed by atoms with Gasteiger partial charge in [0.2, 0.25) is 0 Å². The summed E-state index contributed by atoms with van der Waals surface area (Å²) < 4.78 is 0. The molecule has 7 nitrogen and oxygen atoms in total. The number of hydrogen-bond acceptors (Lipinski definition) is 6. The molecule has 2 aromatic heterocycles. The van der Waals surface area contributed by atoms with Gasteiger partial charge in [-0.3, -0.25) is 10.1 Å². The number of anilines is 2. The van der Waals surface area contributed by atoms with Crippen LogP contribution < -0.4 is 15.1 Å². The van der Waals surface area contributed by atoms with Gasteiger partial charge in [0.1, 0.15) is 0 Å². The first-order valence-corrected chi connectivity index (χ1v) is 12.2. The summed E-state index contributed by atoms with van der Waals surface area (Å²) >= 11 is 7.01. The summed E-state index contributed by atoms with van der Waals surface area (Å²) in [5.41, 5.74) is 7.59. The van der Waals surface area contributed by atoms with Crippen LogP contribution in [-0.4, -0.2) is 80.5 Å². The van der Waals surface area contributed by atoms with Gasteiger partial charge in [-0.2, -0.15) is 5.10 Å². The van der Waals surface area contributed by atoms with Crippen LogP contribution in [0.2, 0.25) is 5.02 Å². The molecule has 1 aliphatic heterocycles. The van der Waals surface area contributed by atoms with Crippen molar-refractivity contribution in [1.82, 2.24) is 25.4 Å². The van der Waals surface area contributed by atoms with Crippen molar-refractivity contribution in [3.8, 4) is 11.1 Å². The van der Waals surface area contributed by atoms with E-state index in [0.717, 1.165) is 88.5 Å². The normalized spacial score (nSPS) is 14.5. The lowest BCUT2D eigenvalue weighted by Crippen LogP contribution is -2.44. The van der Waals surface area contributed by atoms with E-state index in [1.807, 2.05) is 12.4 Å². The Kier molecular flexibility index (Phi) is 6.34. The highest BCUT2D eigenvalue weighted by molar-refractivity contribution is 6.35. The fraction of sp³-hybridized carbons (Fsp3) is 0.385. The summed E-state index contributed by atoms with van der Waals surface area (Å²) in [4.78, 5) is 11.9. The number of piperazine rings is 1. The van der Waals surface area contributed by atoms with Crippen LogP contribution in [0.4, 0.5) is 11.4 Å². The molecule has 0 spiro atoms. The summed E-state index contributed by atoms with van der Waals surface area (Å²) in [5, 5.41) is 13.7. The number of hydrogen-bond donors (Lipinski definition) is 2. The van der Waals surface area contributed by atoms with Crippen LogP contribution in [0.1, 0.15) is 5.56 Å². The molecular formula is C26H32ClN7. The van der Waals surface area contributed by atoms with Crippen LogP contribution in [0.25, 0.3) is 32.9 Å². The number of benzene rings is 2. The average molecular weight is 478 g/mol. The summed E-state index contributed by atoms with van der Waals surface area (Å²) in [6, 6.07) is 8.42. The molecular weight excluding hydrogens is 446 g/mol. The Balaban J connectivity index is 1.68. The summed E-state index contributed by atoms with van der Waals surface area (Å²) in [6.45, 7) is 7.87. The zero-order valence-electron chi connectivity index (χ0n) is 20.3. The summed E-state index contributed by atoms with van der Waals surface area (Å²) in [5.74, 6) is 0. The fourth-order valence-corrected chi connectivity index (χ4v) is 5.09. The van der Waals surface area contributed by atoms with Gasteiger partial charge in [0.25, 0.3) is 0 Å². The number of nitrogens with one attached hydrogen (secondary N) is 2. The van der Waals surface area contributed by atoms with Gasteiger partial charge in [-0.25, -0.2) is 0 Å². The minimum absolute atomic E-state index is 0.732. The number of pyridine rings is 1. The van der Waals surface area contributed by atoms with Gasteiger partial charge in [-0.15, -0.1) is 0 Å². The second-order valence-electron chi connectivity index (χ2n) is 9.39. The molecule has 1 fully saturated rings. The maximum absolute atomic E-state index is 7.01. The van der Waals surface area contributed by atoms with Crippen molar-refractivity contribution in [1.29, 1.82) is 0 Å². The number of aromatic amines is 1. The molecule has 5 rings (SSSR count). The van der Waals surface area contributed by atoms with Gasteiger partial charge in [0.15, 0.2) is 0 Å². The van der Waals surface area contributed by atoms with E-state index in [2.05, 4.69) is 82.5 Å². The molecule has 0 saturated carbocycles. The molecule has 1 saturated heterocycles. The maximum atomic E-state index is 7.01. The second kappa shape index (κ2) is 9.41. The number of H-pyrrole nitrogens is 1. The summed E-state index contributed by atoms with van der Waals surface area (Å²) in [6.07, 6.45) is 3.90. The third-order valence-electron chi connectivity index (χ3n) is 6.74. The number of nitrogens with zero attached hydrogens (tertiary/aromatic N) is 5. The Morgan fingerprint density at radius 1 is 1.03 bits per heavy atom. The molecule has 3 heterocycles. The largest absolute Gasteiger partial charge is 0.370 e. The smallest absolute Gasteiger partial charge is 0.0795 e. The predicted molar refractivity (Wildman–Crippen MR) is 143 cm³/mol. The minimum atomic E-state index is 0.732. The zero-order valence-corrected chi connectivity index (χ0v) is 21.1. The highest BCUT2D eigenvalue weighted by atomic mass is 35.5. The number of aryl methyl sites for hydroxylation is 1. The molecule has 2 aromatic carbocycles. The number of rotatable bonds is 6. The van der Waals surface area contributed by atoms with Gasteiger partial charge >= 0.3 is 0 Å². The topological polar surface area (TPSA) is 63.3 Å². The number of halogens is 1. The Hall–Kier alpha value is -2.87. The van der Waals surface area contributed by atoms with Crippen molar-refractivity contribution in [3.63, 3.8) is 0 Å². The van der Waals surface area contributed by atoms with Crippen LogP contribution in [-0.2, 0) is 0 Å². The van der Waals surface area contributed by atoms with E-state index in [-0.39, 0.29) is 0 Å². The standard InChI is InChI=1S/C26H32ClN7/c1-17-5-6-22-20(15-30-31-22)25(17)18-14-23-19(13-21(18)27)26(34-9-7-28-8-10-34)24(16-29-23)33(4)12-11-32(2)3/h5-6,13-16,28H,7-12H2,1-4H3,(H,30,31). The van der Waals surface area contributed by atoms with Crippen LogP contribution in [0.15, 0.2) is 36.7 Å². The minimum Gasteiger partial charge on any atom is -0.370 e. The molecule has 0 amide bonds. The molecule has 0 radical (unpaired) electrons. The van der Waals surface area contributed by atoms with Crippen molar-refractivity contribution in [2.75, 3.05) is 70.2 Å². The van der Waals surface area contributed by atoms with E-state index in [9.17, 15) is 0 Å². The average Bonchev–Trinajstić information content (AvgIpc) is 3.31. The summed E-state index contributed by atoms with van der Waals surface area (Å²) in [7, 11) is 6.36. The lowest BCUT2D eigenvalue weighted by Gasteiger charge is -2.34. The number of likely N-dealkylation sites (N-methyl/N-ethyl adjacent to an activating group) is 2. The lowest BCUT2D eigenvalue weighted by atomic mass is 9.95. The van der Waals surface area contributed by atoms with Crippen LogP contribution in [0.3, 0.4) is 0 Å². The SMILES string of the molecule is Cc1ccc2[nH]ncc2c1-c1cc2ncc(N(C)CCN(C)C)c(N3CCNCC3)c2cc1Cl. The molecule has 4 aromatic rings. The predicted octanol–water partition coefficient (Wildman–Crippen LogP) is 4.15. The van der Waals surface area contributed by atoms with Crippen molar-refractivity contribution < 1.29 is 0 Å². The van der Waals surface area contributed by atoms with Gasteiger partial charge < -0.3 is 20.0 Å². The first-order chi connectivity index (χ1) is 16.4. The number of aromatic nitrogens is 3. The van der Waals surface area contributed by atoms with Crippen LogP contribution in [0.5, 0.6) is 0 Å². The van der Waals surface area contributed by atoms with E-state index in [1.165, 1.54) is 5.69 Å². The van der Waals surface area contributed by atoms with Crippen molar-refractivity contribution in [2.24, 2.45) is 0 Å². The molecule has 2 N–H and O–H groups in total. The van der Waals surface area contributed by atoms with Gasteiger partial charge in [0.05, 0.1) is 34.8 Å². The van der Waals surface area contributed by atoms with Gasteiger partial charge in [0, 0.05) is 67.7 Å². The Bertz CT molecular complexity index is 1320. The monoisotopic (exact) mass is 477 g/mol. The van der Waals surface area contributed by atoms with E-state index in [0.29, 0.717) is 0 Å².